The van der Waals surface area contributed by atoms with Gasteiger partial charge in [0.05, 0.1) is 16.8 Å². The minimum Gasteiger partial charge on any atom is -0.367 e. The summed E-state index contributed by atoms with van der Waals surface area (Å²) in [6.07, 6.45) is 19.8. The molecule has 2 aliphatic carbocycles. The van der Waals surface area contributed by atoms with Gasteiger partial charge in [0, 0.05) is 45.1 Å². The molecule has 2 aromatic heterocycles. The number of pyridine rings is 2. The highest BCUT2D eigenvalue weighted by Gasteiger charge is 2.20. The van der Waals surface area contributed by atoms with Crippen LogP contribution in [0.2, 0.25) is 0 Å². The van der Waals surface area contributed by atoms with E-state index in [0.29, 0.717) is 11.0 Å². The summed E-state index contributed by atoms with van der Waals surface area (Å²) in [6.45, 7) is 5.95. The van der Waals surface area contributed by atoms with Gasteiger partial charge in [0.2, 0.25) is 0 Å². The quantitative estimate of drug-likeness (QED) is 0.742. The number of likely N-dealkylation sites (N-methyl/N-ethyl adjacent to an activating group) is 1. The van der Waals surface area contributed by atoms with E-state index in [4.69, 9.17) is 4.98 Å². The van der Waals surface area contributed by atoms with Gasteiger partial charge < -0.3 is 15.1 Å². The first kappa shape index (κ1) is 21.5. The van der Waals surface area contributed by atoms with Gasteiger partial charge in [0.25, 0.3) is 0 Å². The van der Waals surface area contributed by atoms with Gasteiger partial charge in [0.15, 0.2) is 5.43 Å². The number of anilines is 2. The highest BCUT2D eigenvalue weighted by Crippen LogP contribution is 2.29. The molecule has 0 bridgehead atoms. The second kappa shape index (κ2) is 9.24. The first-order chi connectivity index (χ1) is 16.1. The second-order valence-corrected chi connectivity index (χ2v) is 8.91. The average Bonchev–Trinajstić information content (AvgIpc) is 3.10. The van der Waals surface area contributed by atoms with Gasteiger partial charge in [-0.1, -0.05) is 30.4 Å². The molecule has 0 atom stereocenters. The Morgan fingerprint density at radius 3 is 2.67 bits per heavy atom. The number of aromatic nitrogens is 2. The summed E-state index contributed by atoms with van der Waals surface area (Å²) in [4.78, 5) is 23.0. The summed E-state index contributed by atoms with van der Waals surface area (Å²) < 4.78 is 2.08. The Balaban J connectivity index is 0.00000274. The molecule has 0 saturated carbocycles. The monoisotopic (exact) mass is 443 g/mol. The van der Waals surface area contributed by atoms with Crippen molar-refractivity contribution >= 4 is 28.2 Å². The maximum absolute atomic E-state index is 13.3. The molecule has 1 saturated heterocycles. The van der Waals surface area contributed by atoms with Crippen molar-refractivity contribution in [1.82, 2.24) is 14.5 Å². The fourth-order valence-electron chi connectivity index (χ4n) is 4.61. The third-order valence-corrected chi connectivity index (χ3v) is 6.49. The van der Waals surface area contributed by atoms with Crippen LogP contribution in [-0.4, -0.2) is 47.7 Å². The minimum absolute atomic E-state index is 0. The van der Waals surface area contributed by atoms with Crippen molar-refractivity contribution in [2.45, 2.75) is 26.2 Å². The Hall–Kier alpha value is -3.38. The Morgan fingerprint density at radius 1 is 1.03 bits per heavy atom. The average molecular weight is 444 g/mol. The largest absolute Gasteiger partial charge is 0.367 e. The van der Waals surface area contributed by atoms with E-state index in [0.717, 1.165) is 74.0 Å². The Labute approximate surface area is 196 Å². The molecule has 0 radical (unpaired) electrons. The number of piperazine rings is 1. The maximum atomic E-state index is 13.3. The molecular weight excluding hydrogens is 410 g/mol. The lowest BCUT2D eigenvalue weighted by Gasteiger charge is -2.34. The van der Waals surface area contributed by atoms with Crippen LogP contribution in [0.15, 0.2) is 71.2 Å². The molecule has 0 aromatic carbocycles. The smallest absolute Gasteiger partial charge is 0.193 e. The van der Waals surface area contributed by atoms with Crippen molar-refractivity contribution in [1.29, 1.82) is 0 Å². The Morgan fingerprint density at radius 2 is 1.88 bits per heavy atom. The maximum Gasteiger partial charge on any atom is 0.193 e. The number of nitrogens with zero attached hydrogens (tertiary/aromatic N) is 4. The van der Waals surface area contributed by atoms with Gasteiger partial charge >= 0.3 is 0 Å². The third kappa shape index (κ3) is 4.44. The summed E-state index contributed by atoms with van der Waals surface area (Å²) in [7, 11) is 2.15. The standard InChI is InChI=1S/C27H31N5O.H2/c1-20-24(31-16-14-30(2)15-17-31)18-23-25(33)19-26(29-21-10-6-5-7-11-21)32(27(23)28-20)22-12-8-3-4-9-13-22;/h3,6,8-13,18-19,29H,4-5,7,14-17H2,1-2H3;1H. The molecule has 6 nitrogen and oxygen atoms in total. The van der Waals surface area contributed by atoms with Crippen molar-refractivity contribution < 1.29 is 1.43 Å². The van der Waals surface area contributed by atoms with Crippen molar-refractivity contribution in [2.75, 3.05) is 43.4 Å². The summed E-state index contributed by atoms with van der Waals surface area (Å²) in [5.41, 5.74) is 4.67. The first-order valence-electron chi connectivity index (χ1n) is 11.8. The summed E-state index contributed by atoms with van der Waals surface area (Å²) >= 11 is 0. The predicted octanol–water partition coefficient (Wildman–Crippen LogP) is 4.71. The van der Waals surface area contributed by atoms with E-state index in [1.165, 1.54) is 0 Å². The first-order valence-corrected chi connectivity index (χ1v) is 11.8. The van der Waals surface area contributed by atoms with Crippen LogP contribution in [0.25, 0.3) is 16.7 Å². The lowest BCUT2D eigenvalue weighted by atomic mass is 10.1. The zero-order chi connectivity index (χ0) is 22.8. The van der Waals surface area contributed by atoms with E-state index in [1.54, 1.807) is 6.07 Å². The van der Waals surface area contributed by atoms with Crippen LogP contribution < -0.4 is 15.6 Å². The molecule has 3 heterocycles. The van der Waals surface area contributed by atoms with E-state index >= 15 is 0 Å². The van der Waals surface area contributed by atoms with E-state index in [1.807, 2.05) is 13.0 Å². The SMILES string of the molecule is Cc1nc2c(cc1N1CCN(C)CC1)c(=O)cc(NC1=CCCC=C1)n2C1=CC=CCC=C1.[HH]. The number of rotatable bonds is 4. The fourth-order valence-corrected chi connectivity index (χ4v) is 4.61. The molecule has 0 spiro atoms. The van der Waals surface area contributed by atoms with Crippen LogP contribution in [0.5, 0.6) is 0 Å². The highest BCUT2D eigenvalue weighted by molar-refractivity contribution is 5.87. The van der Waals surface area contributed by atoms with E-state index in [-0.39, 0.29) is 6.86 Å². The molecular formula is C27H33N5O. The number of aryl methyl sites for hydroxylation is 1. The summed E-state index contributed by atoms with van der Waals surface area (Å²) in [5, 5.41) is 4.13. The van der Waals surface area contributed by atoms with Crippen LogP contribution >= 0.6 is 0 Å². The van der Waals surface area contributed by atoms with Gasteiger partial charge in [-0.25, -0.2) is 4.98 Å². The number of allylic oxidation sites excluding steroid dienone is 9. The highest BCUT2D eigenvalue weighted by atomic mass is 16.1. The molecule has 0 amide bonds. The van der Waals surface area contributed by atoms with Crippen molar-refractivity contribution in [3.63, 3.8) is 0 Å². The van der Waals surface area contributed by atoms with Crippen LogP contribution in [0.4, 0.5) is 11.5 Å². The van der Waals surface area contributed by atoms with Gasteiger partial charge in [-0.15, -0.1) is 0 Å². The molecule has 1 aliphatic heterocycles. The number of hydrogen-bond acceptors (Lipinski definition) is 5. The van der Waals surface area contributed by atoms with Crippen molar-refractivity contribution in [3.05, 3.63) is 82.4 Å². The Bertz CT molecular complexity index is 1280. The van der Waals surface area contributed by atoms with Crippen molar-refractivity contribution in [2.24, 2.45) is 0 Å². The van der Waals surface area contributed by atoms with E-state index < -0.39 is 0 Å². The molecule has 172 valence electrons. The number of hydrogen-bond donors (Lipinski definition) is 1. The molecule has 1 fully saturated rings. The van der Waals surface area contributed by atoms with Crippen LogP contribution in [-0.2, 0) is 0 Å². The zero-order valence-electron chi connectivity index (χ0n) is 19.4. The molecule has 33 heavy (non-hydrogen) atoms. The molecule has 3 aliphatic rings. The summed E-state index contributed by atoms with van der Waals surface area (Å²) in [5.74, 6) is 0.732. The zero-order valence-corrected chi connectivity index (χ0v) is 19.4. The van der Waals surface area contributed by atoms with Crippen LogP contribution in [0.1, 0.15) is 26.4 Å². The summed E-state index contributed by atoms with van der Waals surface area (Å²) in [6, 6.07) is 3.75. The fraction of sp³-hybridized carbons (Fsp3) is 0.333. The van der Waals surface area contributed by atoms with E-state index in [2.05, 4.69) is 75.3 Å². The van der Waals surface area contributed by atoms with Gasteiger partial charge in [0.1, 0.15) is 11.5 Å². The third-order valence-electron chi connectivity index (χ3n) is 6.49. The van der Waals surface area contributed by atoms with E-state index in [9.17, 15) is 4.79 Å². The van der Waals surface area contributed by atoms with Crippen LogP contribution in [0, 0.1) is 6.92 Å². The van der Waals surface area contributed by atoms with Gasteiger partial charge in [-0.2, -0.15) is 0 Å². The molecule has 2 aromatic rings. The normalized spacial score (nSPS) is 18.9. The molecule has 1 N–H and O–H groups in total. The number of fused-ring (bicyclic) bond motifs is 1. The lowest BCUT2D eigenvalue weighted by molar-refractivity contribution is 0.312. The minimum atomic E-state index is -0.0132. The predicted molar refractivity (Wildman–Crippen MR) is 140 cm³/mol. The molecule has 6 heteroatoms. The van der Waals surface area contributed by atoms with Crippen molar-refractivity contribution in [3.8, 4) is 0 Å². The van der Waals surface area contributed by atoms with Gasteiger partial charge in [-0.05, 0) is 57.5 Å². The lowest BCUT2D eigenvalue weighted by Crippen LogP contribution is -2.44. The van der Waals surface area contributed by atoms with Crippen LogP contribution in [0.3, 0.4) is 0 Å². The Kier molecular flexibility index (Phi) is 6.01. The molecule has 5 rings (SSSR count). The second-order valence-electron chi connectivity index (χ2n) is 8.91. The molecule has 0 unspecified atom stereocenters. The topological polar surface area (TPSA) is 53.4 Å². The van der Waals surface area contributed by atoms with Gasteiger partial charge in [-0.3, -0.25) is 9.36 Å². The number of nitrogens with one attached hydrogen (secondary N) is 1.